The van der Waals surface area contributed by atoms with Crippen molar-refractivity contribution in [2.75, 3.05) is 6.61 Å². The molecule has 5 atom stereocenters. The summed E-state index contributed by atoms with van der Waals surface area (Å²) in [5.74, 6) is -0.584. The molecule has 1 unspecified atom stereocenters. The topological polar surface area (TPSA) is 153 Å². The summed E-state index contributed by atoms with van der Waals surface area (Å²) >= 11 is 0. The molecule has 0 aromatic carbocycles. The summed E-state index contributed by atoms with van der Waals surface area (Å²) in [6.07, 6.45) is -3.18. The molecule has 3 aliphatic heterocycles. The Bertz CT molecular complexity index is 532. The Morgan fingerprint density at radius 2 is 2.10 bits per heavy atom. The van der Waals surface area contributed by atoms with Crippen LogP contribution in [0.25, 0.3) is 0 Å². The lowest BCUT2D eigenvalue weighted by Gasteiger charge is -2.27. The van der Waals surface area contributed by atoms with Crippen LogP contribution in [-0.2, 0) is 9.53 Å². The molecule has 5 N–H and O–H groups in total. The summed E-state index contributed by atoms with van der Waals surface area (Å²) in [7, 11) is 0. The number of rotatable bonds is 2. The normalized spacial score (nSPS) is 39.9. The zero-order chi connectivity index (χ0) is 14.4. The Morgan fingerprint density at radius 3 is 2.75 bits per heavy atom. The molecule has 0 aromatic heterocycles. The zero-order valence-electron chi connectivity index (χ0n) is 10.2. The molecule has 1 fully saturated rings. The summed E-state index contributed by atoms with van der Waals surface area (Å²) in [4.78, 5) is 24.3. The van der Waals surface area contributed by atoms with Crippen molar-refractivity contribution in [1.82, 2.24) is 4.90 Å². The van der Waals surface area contributed by atoms with Crippen molar-refractivity contribution < 1.29 is 24.9 Å². The number of aliphatic hydroxyl groups is 3. The monoisotopic (exact) mass is 283 g/mol. The minimum Gasteiger partial charge on any atom is -0.394 e. The summed E-state index contributed by atoms with van der Waals surface area (Å²) < 4.78 is 5.35. The molecule has 20 heavy (non-hydrogen) atoms. The first-order valence-corrected chi connectivity index (χ1v) is 5.93. The van der Waals surface area contributed by atoms with E-state index >= 15 is 0 Å². The smallest absolute Gasteiger partial charge is 0.281 e. The van der Waals surface area contributed by atoms with E-state index in [0.29, 0.717) is 0 Å². The lowest BCUT2D eigenvalue weighted by atomic mass is 10.1. The standard InChI is InChI=1S/C10H13N5O5/c11-10-13-7-4(8(19)14-10)12-2-15(7)9-6(18)5(17)3(1-16)20-9/h2-6,9,16-18H,1H2,(H2,11,14,19)/t3-,4?,5+,6-,9-/m1/s1. The molecule has 0 saturated carbocycles. The summed E-state index contributed by atoms with van der Waals surface area (Å²) in [5.41, 5.74) is 5.42. The van der Waals surface area contributed by atoms with E-state index in [1.807, 2.05) is 0 Å². The van der Waals surface area contributed by atoms with Gasteiger partial charge in [-0.15, -0.1) is 0 Å². The lowest BCUT2D eigenvalue weighted by Crippen LogP contribution is -2.49. The van der Waals surface area contributed by atoms with Crippen LogP contribution in [0.1, 0.15) is 0 Å². The largest absolute Gasteiger partial charge is 0.394 e. The van der Waals surface area contributed by atoms with E-state index in [1.165, 1.54) is 11.2 Å². The van der Waals surface area contributed by atoms with Gasteiger partial charge in [0.25, 0.3) is 5.91 Å². The molecule has 108 valence electrons. The van der Waals surface area contributed by atoms with Gasteiger partial charge in [-0.1, -0.05) is 0 Å². The average Bonchev–Trinajstić information content (AvgIpc) is 2.93. The van der Waals surface area contributed by atoms with Crippen LogP contribution < -0.4 is 5.73 Å². The predicted octanol–water partition coefficient (Wildman–Crippen LogP) is -3.61. The van der Waals surface area contributed by atoms with Crippen molar-refractivity contribution >= 4 is 24.0 Å². The van der Waals surface area contributed by atoms with Gasteiger partial charge >= 0.3 is 0 Å². The number of aliphatic imine (C=N–C) groups is 3. The van der Waals surface area contributed by atoms with E-state index in [-0.39, 0.29) is 11.8 Å². The van der Waals surface area contributed by atoms with Crippen molar-refractivity contribution in [3.05, 3.63) is 0 Å². The summed E-state index contributed by atoms with van der Waals surface area (Å²) in [6.45, 7) is -0.446. The number of aliphatic hydroxyl groups excluding tert-OH is 3. The highest BCUT2D eigenvalue weighted by Crippen LogP contribution is 2.27. The zero-order valence-corrected chi connectivity index (χ0v) is 10.2. The molecular formula is C10H13N5O5. The van der Waals surface area contributed by atoms with Gasteiger partial charge in [-0.2, -0.15) is 9.98 Å². The molecule has 0 radical (unpaired) electrons. The fourth-order valence-corrected chi connectivity index (χ4v) is 2.32. The maximum Gasteiger partial charge on any atom is 0.281 e. The molecule has 1 saturated heterocycles. The van der Waals surface area contributed by atoms with Gasteiger partial charge in [0, 0.05) is 0 Å². The molecule has 0 aromatic rings. The SMILES string of the molecule is NC1=NC(=O)C2N=CN([C@@H]3O[C@H](CO)[C@H](O)[C@H]3O)C2=N1. The molecule has 0 spiro atoms. The maximum atomic E-state index is 11.6. The second-order valence-electron chi connectivity index (χ2n) is 4.58. The quantitative estimate of drug-likeness (QED) is 0.408. The highest BCUT2D eigenvalue weighted by molar-refractivity contribution is 6.21. The first-order valence-electron chi connectivity index (χ1n) is 5.93. The van der Waals surface area contributed by atoms with Crippen LogP contribution in [0.2, 0.25) is 0 Å². The average molecular weight is 283 g/mol. The lowest BCUT2D eigenvalue weighted by molar-refractivity contribution is -0.117. The number of nitrogens with zero attached hydrogens (tertiary/aromatic N) is 4. The molecular weight excluding hydrogens is 270 g/mol. The fraction of sp³-hybridized carbons (Fsp3) is 0.600. The number of fused-ring (bicyclic) bond motifs is 1. The van der Waals surface area contributed by atoms with Crippen molar-refractivity contribution in [3.63, 3.8) is 0 Å². The van der Waals surface area contributed by atoms with E-state index in [4.69, 9.17) is 15.6 Å². The second kappa shape index (κ2) is 4.59. The third kappa shape index (κ3) is 1.81. The highest BCUT2D eigenvalue weighted by Gasteiger charge is 2.49. The van der Waals surface area contributed by atoms with Crippen molar-refractivity contribution in [2.45, 2.75) is 30.6 Å². The molecule has 0 bridgehead atoms. The van der Waals surface area contributed by atoms with Gasteiger partial charge in [-0.3, -0.25) is 14.7 Å². The number of carbonyl (C=O) groups excluding carboxylic acids is 1. The Hall–Kier alpha value is -1.88. The molecule has 3 aliphatic rings. The molecule has 3 heterocycles. The third-order valence-electron chi connectivity index (χ3n) is 3.33. The molecule has 1 amide bonds. The van der Waals surface area contributed by atoms with Gasteiger partial charge in [-0.05, 0) is 0 Å². The Kier molecular flexibility index (Phi) is 3.01. The van der Waals surface area contributed by atoms with E-state index < -0.39 is 43.1 Å². The van der Waals surface area contributed by atoms with E-state index in [9.17, 15) is 15.0 Å². The highest BCUT2D eigenvalue weighted by atomic mass is 16.6. The van der Waals surface area contributed by atoms with Crippen LogP contribution in [-0.4, -0.2) is 81.4 Å². The number of amides is 1. The van der Waals surface area contributed by atoms with E-state index in [0.717, 1.165) is 0 Å². The van der Waals surface area contributed by atoms with Crippen molar-refractivity contribution in [2.24, 2.45) is 20.7 Å². The summed E-state index contributed by atoms with van der Waals surface area (Å²) in [5, 5.41) is 28.7. The van der Waals surface area contributed by atoms with Crippen LogP contribution in [0.3, 0.4) is 0 Å². The van der Waals surface area contributed by atoms with Gasteiger partial charge < -0.3 is 25.8 Å². The predicted molar refractivity (Wildman–Crippen MR) is 65.9 cm³/mol. The third-order valence-corrected chi connectivity index (χ3v) is 3.33. The Balaban J connectivity index is 1.87. The Labute approximate surface area is 112 Å². The number of nitrogens with two attached hydrogens (primary N) is 1. The molecule has 10 heteroatoms. The Morgan fingerprint density at radius 1 is 1.35 bits per heavy atom. The van der Waals surface area contributed by atoms with Gasteiger partial charge in [0.1, 0.15) is 18.3 Å². The number of guanidine groups is 1. The first kappa shape index (κ1) is 13.1. The fourth-order valence-electron chi connectivity index (χ4n) is 2.32. The van der Waals surface area contributed by atoms with Crippen LogP contribution in [0.15, 0.2) is 15.0 Å². The van der Waals surface area contributed by atoms with Gasteiger partial charge in [0.05, 0.1) is 12.9 Å². The maximum absolute atomic E-state index is 11.6. The van der Waals surface area contributed by atoms with Crippen molar-refractivity contribution in [3.8, 4) is 0 Å². The summed E-state index contributed by atoms with van der Waals surface area (Å²) in [6, 6.07) is -0.914. The minimum absolute atomic E-state index is 0.178. The number of amidine groups is 1. The van der Waals surface area contributed by atoms with Gasteiger partial charge in [0.15, 0.2) is 18.1 Å². The number of carbonyl (C=O) groups is 1. The second-order valence-corrected chi connectivity index (χ2v) is 4.58. The van der Waals surface area contributed by atoms with Gasteiger partial charge in [-0.25, -0.2) is 0 Å². The van der Waals surface area contributed by atoms with Crippen LogP contribution in [0.5, 0.6) is 0 Å². The number of hydrogen-bond donors (Lipinski definition) is 4. The van der Waals surface area contributed by atoms with Crippen LogP contribution in [0.4, 0.5) is 0 Å². The number of ether oxygens (including phenoxy) is 1. The van der Waals surface area contributed by atoms with E-state index in [2.05, 4.69) is 15.0 Å². The number of hydrogen-bond acceptors (Lipinski definition) is 9. The van der Waals surface area contributed by atoms with Crippen LogP contribution >= 0.6 is 0 Å². The van der Waals surface area contributed by atoms with Gasteiger partial charge in [0.2, 0.25) is 5.96 Å². The molecule has 3 rings (SSSR count). The first-order chi connectivity index (χ1) is 9.52. The minimum atomic E-state index is -1.28. The van der Waals surface area contributed by atoms with E-state index in [1.54, 1.807) is 0 Å². The molecule has 10 nitrogen and oxygen atoms in total. The van der Waals surface area contributed by atoms with Crippen molar-refractivity contribution in [1.29, 1.82) is 0 Å². The van der Waals surface area contributed by atoms with Crippen LogP contribution in [0, 0.1) is 0 Å². The molecule has 0 aliphatic carbocycles.